The van der Waals surface area contributed by atoms with E-state index in [0.717, 1.165) is 12.1 Å². The molecule has 0 heterocycles. The Balaban J connectivity index is 2.31. The fourth-order valence-electron chi connectivity index (χ4n) is 2.43. The highest BCUT2D eigenvalue weighted by atomic mass is 35.5. The molecule has 0 radical (unpaired) electrons. The van der Waals surface area contributed by atoms with Crippen LogP contribution in [-0.2, 0) is 9.53 Å². The van der Waals surface area contributed by atoms with Crippen LogP contribution in [0.25, 0.3) is 0 Å². The van der Waals surface area contributed by atoms with Gasteiger partial charge in [-0.1, -0.05) is 35.3 Å². The lowest BCUT2D eigenvalue weighted by Gasteiger charge is -2.19. The van der Waals surface area contributed by atoms with Gasteiger partial charge in [-0.3, -0.25) is 9.59 Å². The van der Waals surface area contributed by atoms with E-state index in [0.29, 0.717) is 11.3 Å². The number of carbonyl (C=O) groups is 2. The zero-order chi connectivity index (χ0) is 20.0. The van der Waals surface area contributed by atoms with Gasteiger partial charge in [-0.05, 0) is 36.8 Å². The van der Waals surface area contributed by atoms with Crippen LogP contribution in [0.1, 0.15) is 35.3 Å². The van der Waals surface area contributed by atoms with Crippen molar-refractivity contribution in [3.8, 4) is 5.75 Å². The van der Waals surface area contributed by atoms with Crippen molar-refractivity contribution in [3.05, 3.63) is 63.4 Å². The molecule has 1 N–H and O–H groups in total. The first kappa shape index (κ1) is 21.0. The zero-order valence-corrected chi connectivity index (χ0v) is 16.2. The minimum Gasteiger partial charge on any atom is -0.497 e. The van der Waals surface area contributed by atoms with Gasteiger partial charge in [0.25, 0.3) is 5.91 Å². The van der Waals surface area contributed by atoms with E-state index in [-0.39, 0.29) is 28.6 Å². The van der Waals surface area contributed by atoms with Crippen LogP contribution in [0.15, 0.2) is 36.4 Å². The summed E-state index contributed by atoms with van der Waals surface area (Å²) in [4.78, 5) is 24.6. The molecule has 5 nitrogen and oxygen atoms in total. The SMILES string of the molecule is CCOC(=O)CC(NC(=O)c1cc(F)c(Cl)cc1Cl)c1cccc(OC)c1. The van der Waals surface area contributed by atoms with Gasteiger partial charge < -0.3 is 14.8 Å². The maximum absolute atomic E-state index is 13.7. The summed E-state index contributed by atoms with van der Waals surface area (Å²) in [6.45, 7) is 1.90. The number of hydrogen-bond donors (Lipinski definition) is 1. The smallest absolute Gasteiger partial charge is 0.308 e. The average molecular weight is 414 g/mol. The molecule has 0 bridgehead atoms. The summed E-state index contributed by atoms with van der Waals surface area (Å²) >= 11 is 11.7. The molecular formula is C19H18Cl2FNO4. The second-order valence-electron chi connectivity index (χ2n) is 5.56. The van der Waals surface area contributed by atoms with Gasteiger partial charge in [0, 0.05) is 0 Å². The van der Waals surface area contributed by atoms with E-state index in [1.807, 2.05) is 0 Å². The number of nitrogens with one attached hydrogen (secondary N) is 1. The van der Waals surface area contributed by atoms with Gasteiger partial charge >= 0.3 is 5.97 Å². The van der Waals surface area contributed by atoms with E-state index in [1.165, 1.54) is 7.11 Å². The van der Waals surface area contributed by atoms with E-state index in [9.17, 15) is 14.0 Å². The number of ether oxygens (including phenoxy) is 2. The highest BCUT2D eigenvalue weighted by molar-refractivity contribution is 6.36. The molecule has 8 heteroatoms. The van der Waals surface area contributed by atoms with Crippen molar-refractivity contribution in [2.24, 2.45) is 0 Å². The largest absolute Gasteiger partial charge is 0.497 e. The maximum Gasteiger partial charge on any atom is 0.308 e. The van der Waals surface area contributed by atoms with Gasteiger partial charge in [0.15, 0.2) is 0 Å². The highest BCUT2D eigenvalue weighted by Crippen LogP contribution is 2.27. The highest BCUT2D eigenvalue weighted by Gasteiger charge is 2.22. The molecule has 0 saturated carbocycles. The third-order valence-corrected chi connectivity index (χ3v) is 4.33. The summed E-state index contributed by atoms with van der Waals surface area (Å²) in [6, 6.07) is 8.27. The lowest BCUT2D eigenvalue weighted by atomic mass is 10.0. The summed E-state index contributed by atoms with van der Waals surface area (Å²) in [5, 5.41) is 2.50. The Labute approximate surface area is 166 Å². The summed E-state index contributed by atoms with van der Waals surface area (Å²) in [5.41, 5.74) is 0.539. The van der Waals surface area contributed by atoms with Gasteiger partial charge in [-0.15, -0.1) is 0 Å². The van der Waals surface area contributed by atoms with E-state index >= 15 is 0 Å². The molecule has 1 amide bonds. The van der Waals surface area contributed by atoms with Crippen molar-refractivity contribution in [2.75, 3.05) is 13.7 Å². The van der Waals surface area contributed by atoms with Gasteiger partial charge in [0.2, 0.25) is 0 Å². The zero-order valence-electron chi connectivity index (χ0n) is 14.7. The van der Waals surface area contributed by atoms with Crippen LogP contribution in [0.4, 0.5) is 4.39 Å². The third kappa shape index (κ3) is 5.58. The van der Waals surface area contributed by atoms with Crippen LogP contribution in [0, 0.1) is 5.82 Å². The lowest BCUT2D eigenvalue weighted by molar-refractivity contribution is -0.143. The van der Waals surface area contributed by atoms with Crippen LogP contribution in [-0.4, -0.2) is 25.6 Å². The summed E-state index contributed by atoms with van der Waals surface area (Å²) < 4.78 is 23.9. The normalized spacial score (nSPS) is 11.6. The molecule has 1 atom stereocenters. The molecule has 2 aromatic carbocycles. The minimum atomic E-state index is -0.769. The van der Waals surface area contributed by atoms with Gasteiger partial charge in [-0.2, -0.15) is 0 Å². The number of hydrogen-bond acceptors (Lipinski definition) is 4. The predicted octanol–water partition coefficient (Wildman–Crippen LogP) is 4.57. The second-order valence-corrected chi connectivity index (χ2v) is 6.37. The molecule has 144 valence electrons. The fraction of sp³-hybridized carbons (Fsp3) is 0.263. The molecule has 0 aromatic heterocycles. The van der Waals surface area contributed by atoms with Crippen LogP contribution < -0.4 is 10.1 Å². The lowest BCUT2D eigenvalue weighted by Crippen LogP contribution is -2.31. The third-order valence-electron chi connectivity index (χ3n) is 3.73. The number of amides is 1. The van der Waals surface area contributed by atoms with E-state index in [4.69, 9.17) is 32.7 Å². The van der Waals surface area contributed by atoms with Crippen molar-refractivity contribution in [2.45, 2.75) is 19.4 Å². The summed E-state index contributed by atoms with van der Waals surface area (Å²) in [5.74, 6) is -1.34. The fourth-order valence-corrected chi connectivity index (χ4v) is 2.90. The monoisotopic (exact) mass is 413 g/mol. The van der Waals surface area contributed by atoms with Crippen LogP contribution >= 0.6 is 23.2 Å². The van der Waals surface area contributed by atoms with Gasteiger partial charge in [0.05, 0.1) is 41.8 Å². The molecule has 2 rings (SSSR count). The standard InChI is InChI=1S/C19H18Cl2FNO4/c1-3-27-18(24)10-17(11-5-4-6-12(7-11)26-2)23-19(25)13-8-16(22)15(21)9-14(13)20/h4-9,17H,3,10H2,1-2H3,(H,23,25). The quantitative estimate of drug-likeness (QED) is 0.533. The molecular weight excluding hydrogens is 396 g/mol. The number of esters is 1. The molecule has 0 saturated heterocycles. The number of rotatable bonds is 7. The van der Waals surface area contributed by atoms with Crippen molar-refractivity contribution in [3.63, 3.8) is 0 Å². The molecule has 0 aliphatic heterocycles. The van der Waals surface area contributed by atoms with Gasteiger partial charge in [-0.25, -0.2) is 4.39 Å². The Kier molecular flexibility index (Phi) is 7.45. The number of benzene rings is 2. The topological polar surface area (TPSA) is 64.6 Å². The maximum atomic E-state index is 13.7. The number of carbonyl (C=O) groups excluding carboxylic acids is 2. The first-order valence-corrected chi connectivity index (χ1v) is 8.86. The second kappa shape index (κ2) is 9.58. The van der Waals surface area contributed by atoms with E-state index in [1.54, 1.807) is 31.2 Å². The Morgan fingerprint density at radius 2 is 1.93 bits per heavy atom. The van der Waals surface area contributed by atoms with Crippen molar-refractivity contribution < 1.29 is 23.5 Å². The first-order valence-electron chi connectivity index (χ1n) is 8.10. The van der Waals surface area contributed by atoms with E-state index < -0.39 is 23.7 Å². The van der Waals surface area contributed by atoms with Crippen molar-refractivity contribution >= 4 is 35.1 Å². The van der Waals surface area contributed by atoms with Gasteiger partial charge in [0.1, 0.15) is 11.6 Å². The Morgan fingerprint density at radius 1 is 1.19 bits per heavy atom. The average Bonchev–Trinajstić information content (AvgIpc) is 2.64. The Hall–Kier alpha value is -2.31. The Morgan fingerprint density at radius 3 is 2.59 bits per heavy atom. The minimum absolute atomic E-state index is 0.000531. The Bertz CT molecular complexity index is 844. The van der Waals surface area contributed by atoms with Crippen molar-refractivity contribution in [1.82, 2.24) is 5.32 Å². The predicted molar refractivity (Wildman–Crippen MR) is 101 cm³/mol. The molecule has 1 unspecified atom stereocenters. The molecule has 0 aliphatic carbocycles. The van der Waals surface area contributed by atoms with Crippen LogP contribution in [0.2, 0.25) is 10.0 Å². The van der Waals surface area contributed by atoms with E-state index in [2.05, 4.69) is 5.32 Å². The number of halogens is 3. The molecule has 2 aromatic rings. The molecule has 0 aliphatic rings. The number of methoxy groups -OCH3 is 1. The summed E-state index contributed by atoms with van der Waals surface area (Å²) in [6.07, 6.45) is -0.111. The molecule has 0 spiro atoms. The molecule has 27 heavy (non-hydrogen) atoms. The van der Waals surface area contributed by atoms with Crippen LogP contribution in [0.5, 0.6) is 5.75 Å². The summed E-state index contributed by atoms with van der Waals surface area (Å²) in [7, 11) is 1.51. The molecule has 0 fully saturated rings. The van der Waals surface area contributed by atoms with Crippen molar-refractivity contribution in [1.29, 1.82) is 0 Å². The first-order chi connectivity index (χ1) is 12.8. The van der Waals surface area contributed by atoms with Crippen LogP contribution in [0.3, 0.4) is 0 Å².